The highest BCUT2D eigenvalue weighted by Gasteiger charge is 2.39. The Labute approximate surface area is 152 Å². The van der Waals surface area contributed by atoms with Gasteiger partial charge in [-0.25, -0.2) is 0 Å². The molecule has 2 N–H and O–H groups in total. The van der Waals surface area contributed by atoms with Gasteiger partial charge in [0.1, 0.15) is 6.04 Å². The van der Waals surface area contributed by atoms with Gasteiger partial charge in [-0.05, 0) is 43.6 Å². The summed E-state index contributed by atoms with van der Waals surface area (Å²) in [6.45, 7) is 3.29. The molecule has 4 rings (SSSR count). The molecule has 2 fully saturated rings. The van der Waals surface area contributed by atoms with Gasteiger partial charge in [-0.1, -0.05) is 12.1 Å². The largest absolute Gasteiger partial charge is 0.322 e. The fourth-order valence-corrected chi connectivity index (χ4v) is 4.13. The number of imide groups is 1. The summed E-state index contributed by atoms with van der Waals surface area (Å²) in [5, 5.41) is 5.71. The second-order valence-electron chi connectivity index (χ2n) is 7.45. The topological polar surface area (TPSA) is 81.8 Å². The molecule has 0 radical (unpaired) electrons. The number of benzene rings is 1. The van der Waals surface area contributed by atoms with E-state index in [1.165, 1.54) is 0 Å². The summed E-state index contributed by atoms with van der Waals surface area (Å²) in [6.07, 6.45) is 1.82. The monoisotopic (exact) mass is 356 g/mol. The van der Waals surface area contributed by atoms with E-state index in [2.05, 4.69) is 28.6 Å². The number of piperidine rings is 1. The normalized spacial score (nSPS) is 25.8. The number of carbonyl (C=O) groups excluding carboxylic acids is 3. The lowest BCUT2D eigenvalue weighted by atomic mass is 10.0. The van der Waals surface area contributed by atoms with E-state index in [9.17, 15) is 14.4 Å². The van der Waals surface area contributed by atoms with Crippen LogP contribution in [0.5, 0.6) is 0 Å². The lowest BCUT2D eigenvalue weighted by Crippen LogP contribution is -2.52. The van der Waals surface area contributed by atoms with Crippen LogP contribution in [0.1, 0.15) is 40.7 Å². The van der Waals surface area contributed by atoms with Crippen molar-refractivity contribution in [2.75, 3.05) is 20.1 Å². The number of likely N-dealkylation sites (N-methyl/N-ethyl adjacent to an activating group) is 1. The number of hydrogen-bond donors (Lipinski definition) is 2. The summed E-state index contributed by atoms with van der Waals surface area (Å²) in [4.78, 5) is 40.2. The number of nitrogens with one attached hydrogen (secondary N) is 2. The van der Waals surface area contributed by atoms with Crippen LogP contribution in [-0.4, -0.2) is 59.7 Å². The van der Waals surface area contributed by atoms with Crippen LogP contribution >= 0.6 is 0 Å². The molecule has 3 amide bonds. The molecule has 3 heterocycles. The van der Waals surface area contributed by atoms with Crippen molar-refractivity contribution in [1.82, 2.24) is 20.4 Å². The van der Waals surface area contributed by atoms with Gasteiger partial charge in [0.05, 0.1) is 0 Å². The van der Waals surface area contributed by atoms with Crippen molar-refractivity contribution in [2.24, 2.45) is 0 Å². The molecule has 3 aliphatic rings. The van der Waals surface area contributed by atoms with E-state index < -0.39 is 6.04 Å². The molecule has 26 heavy (non-hydrogen) atoms. The van der Waals surface area contributed by atoms with E-state index in [-0.39, 0.29) is 24.1 Å². The van der Waals surface area contributed by atoms with Crippen molar-refractivity contribution in [3.05, 3.63) is 34.9 Å². The van der Waals surface area contributed by atoms with Gasteiger partial charge in [0.25, 0.3) is 5.91 Å². The first-order chi connectivity index (χ1) is 12.5. The van der Waals surface area contributed by atoms with E-state index in [1.807, 2.05) is 12.1 Å². The summed E-state index contributed by atoms with van der Waals surface area (Å²) in [5.74, 6) is -0.736. The molecule has 0 spiro atoms. The smallest absolute Gasteiger partial charge is 0.255 e. The molecule has 138 valence electrons. The zero-order chi connectivity index (χ0) is 18.3. The van der Waals surface area contributed by atoms with Crippen LogP contribution in [-0.2, 0) is 22.7 Å². The third kappa shape index (κ3) is 3.12. The van der Waals surface area contributed by atoms with Crippen molar-refractivity contribution in [3.8, 4) is 0 Å². The number of amides is 3. The van der Waals surface area contributed by atoms with Crippen molar-refractivity contribution in [1.29, 1.82) is 0 Å². The molecule has 0 aromatic heterocycles. The average molecular weight is 356 g/mol. The molecule has 3 aliphatic heterocycles. The molecule has 0 saturated carbocycles. The molecule has 0 aliphatic carbocycles. The first-order valence-electron chi connectivity index (χ1n) is 9.20. The Balaban J connectivity index is 1.48. The van der Waals surface area contributed by atoms with Crippen LogP contribution in [0.2, 0.25) is 0 Å². The van der Waals surface area contributed by atoms with Gasteiger partial charge in [-0.15, -0.1) is 0 Å². The van der Waals surface area contributed by atoms with E-state index in [0.29, 0.717) is 24.6 Å². The van der Waals surface area contributed by atoms with Gasteiger partial charge in [-0.2, -0.15) is 0 Å². The third-order valence-electron chi connectivity index (χ3n) is 5.68. The first-order valence-corrected chi connectivity index (χ1v) is 9.20. The van der Waals surface area contributed by atoms with Crippen LogP contribution in [0.25, 0.3) is 0 Å². The van der Waals surface area contributed by atoms with Crippen molar-refractivity contribution >= 4 is 17.7 Å². The zero-order valence-corrected chi connectivity index (χ0v) is 15.0. The van der Waals surface area contributed by atoms with Crippen LogP contribution < -0.4 is 10.6 Å². The maximum Gasteiger partial charge on any atom is 0.255 e. The summed E-state index contributed by atoms with van der Waals surface area (Å²) in [6, 6.07) is 6.00. The van der Waals surface area contributed by atoms with Gasteiger partial charge in [0.15, 0.2) is 0 Å². The highest BCUT2D eigenvalue weighted by Crippen LogP contribution is 2.28. The molecule has 1 aromatic rings. The SMILES string of the molecule is CN(Cc1ccc2c(c1)C(=O)N(C1CCC(=O)NC1=O)C2)[C@H]1CCNC1. The fraction of sp³-hybridized carbons (Fsp3) is 0.526. The molecular weight excluding hydrogens is 332 g/mol. The molecule has 1 aromatic carbocycles. The number of fused-ring (bicyclic) bond motifs is 1. The second-order valence-corrected chi connectivity index (χ2v) is 7.45. The summed E-state index contributed by atoms with van der Waals surface area (Å²) in [7, 11) is 2.11. The molecule has 7 heteroatoms. The standard InChI is InChI=1S/C19H24N4O3/c1-22(14-6-7-20-9-14)10-12-2-3-13-11-23(19(26)15(13)8-12)16-4-5-17(24)21-18(16)25/h2-3,8,14,16,20H,4-7,9-11H2,1H3,(H,21,24,25)/t14-,16?/m0/s1. The molecule has 7 nitrogen and oxygen atoms in total. The average Bonchev–Trinajstić information content (AvgIpc) is 3.24. The van der Waals surface area contributed by atoms with Gasteiger partial charge in [-0.3, -0.25) is 24.6 Å². The van der Waals surface area contributed by atoms with E-state index in [4.69, 9.17) is 0 Å². The van der Waals surface area contributed by atoms with Gasteiger partial charge in [0.2, 0.25) is 11.8 Å². The summed E-state index contributed by atoms with van der Waals surface area (Å²) >= 11 is 0. The Morgan fingerprint density at radius 2 is 2.08 bits per heavy atom. The Bertz CT molecular complexity index is 757. The molecule has 2 atom stereocenters. The quantitative estimate of drug-likeness (QED) is 0.756. The van der Waals surface area contributed by atoms with Crippen LogP contribution in [0.15, 0.2) is 18.2 Å². The molecule has 0 bridgehead atoms. The Morgan fingerprint density at radius 3 is 2.81 bits per heavy atom. The van der Waals surface area contributed by atoms with E-state index >= 15 is 0 Å². The van der Waals surface area contributed by atoms with Crippen molar-refractivity contribution < 1.29 is 14.4 Å². The predicted octanol–water partition coefficient (Wildman–Crippen LogP) is 0.241. The lowest BCUT2D eigenvalue weighted by Gasteiger charge is -2.29. The van der Waals surface area contributed by atoms with E-state index in [1.54, 1.807) is 4.90 Å². The zero-order valence-electron chi connectivity index (χ0n) is 15.0. The maximum atomic E-state index is 12.9. The molecule has 2 saturated heterocycles. The van der Waals surface area contributed by atoms with Gasteiger partial charge >= 0.3 is 0 Å². The van der Waals surface area contributed by atoms with E-state index in [0.717, 1.165) is 37.2 Å². The predicted molar refractivity (Wildman–Crippen MR) is 95.2 cm³/mol. The van der Waals surface area contributed by atoms with Gasteiger partial charge < -0.3 is 10.2 Å². The maximum absolute atomic E-state index is 12.9. The Hall–Kier alpha value is -2.25. The third-order valence-corrected chi connectivity index (χ3v) is 5.68. The lowest BCUT2D eigenvalue weighted by molar-refractivity contribution is -0.136. The van der Waals surface area contributed by atoms with Crippen molar-refractivity contribution in [2.45, 2.75) is 44.4 Å². The highest BCUT2D eigenvalue weighted by atomic mass is 16.2. The number of carbonyl (C=O) groups is 3. The first kappa shape index (κ1) is 17.2. The minimum Gasteiger partial charge on any atom is -0.322 e. The Kier molecular flexibility index (Phi) is 4.50. The van der Waals surface area contributed by atoms with Crippen LogP contribution in [0.3, 0.4) is 0 Å². The minimum atomic E-state index is -0.553. The van der Waals surface area contributed by atoms with Crippen LogP contribution in [0, 0.1) is 0 Å². The number of hydrogen-bond acceptors (Lipinski definition) is 5. The number of nitrogens with zero attached hydrogens (tertiary/aromatic N) is 2. The second kappa shape index (κ2) is 6.81. The highest BCUT2D eigenvalue weighted by molar-refractivity contribution is 6.05. The summed E-state index contributed by atoms with van der Waals surface area (Å²) in [5.41, 5.74) is 2.75. The summed E-state index contributed by atoms with van der Waals surface area (Å²) < 4.78 is 0. The van der Waals surface area contributed by atoms with Crippen molar-refractivity contribution in [3.63, 3.8) is 0 Å². The Morgan fingerprint density at radius 1 is 1.23 bits per heavy atom. The van der Waals surface area contributed by atoms with Gasteiger partial charge in [0, 0.05) is 37.7 Å². The fourth-order valence-electron chi connectivity index (χ4n) is 4.13. The minimum absolute atomic E-state index is 0.110. The van der Waals surface area contributed by atoms with Crippen LogP contribution in [0.4, 0.5) is 0 Å². The number of rotatable bonds is 4. The molecule has 1 unspecified atom stereocenters. The molecular formula is C19H24N4O3.